The lowest BCUT2D eigenvalue weighted by molar-refractivity contribution is 0.102. The maximum Gasteiger partial charge on any atom is 0.264 e. The number of amides is 1. The van der Waals surface area contributed by atoms with Crippen LogP contribution < -0.4 is 24.6 Å². The van der Waals surface area contributed by atoms with Crippen LogP contribution in [0.2, 0.25) is 0 Å². The molecule has 3 aromatic rings. The Hall–Kier alpha value is -3.85. The zero-order valence-electron chi connectivity index (χ0n) is 26.4. The lowest BCUT2D eigenvalue weighted by Crippen LogP contribution is -2.37. The normalized spacial score (nSPS) is 15.7. The number of carbonyl (C=O) groups excluding carboxylic acids is 1. The summed E-state index contributed by atoms with van der Waals surface area (Å²) >= 11 is 0. The van der Waals surface area contributed by atoms with Crippen LogP contribution in [0.4, 0.5) is 22.7 Å². The molecule has 0 aromatic heterocycles. The van der Waals surface area contributed by atoms with E-state index in [2.05, 4.69) is 14.9 Å². The number of sulfonamides is 2. The number of rotatable bonds is 12. The summed E-state index contributed by atoms with van der Waals surface area (Å²) in [5, 5.41) is 2.85. The second kappa shape index (κ2) is 14.3. The number of carbonyl (C=O) groups is 1. The maximum atomic E-state index is 13.9. The Labute approximate surface area is 271 Å². The highest BCUT2D eigenvalue weighted by Crippen LogP contribution is 2.34. The summed E-state index contributed by atoms with van der Waals surface area (Å²) in [6.07, 6.45) is 1.92. The minimum Gasteiger partial charge on any atom is -0.495 e. The number of ether oxygens (including phenoxy) is 2. The second-order valence-electron chi connectivity index (χ2n) is 11.0. The first-order chi connectivity index (χ1) is 22.1. The van der Waals surface area contributed by atoms with Gasteiger partial charge in [0.25, 0.3) is 15.9 Å². The number of benzene rings is 3. The zero-order chi connectivity index (χ0) is 32.9. The highest BCUT2D eigenvalue weighted by Gasteiger charge is 2.28. The first-order valence-electron chi connectivity index (χ1n) is 15.4. The predicted molar refractivity (Wildman–Crippen MR) is 179 cm³/mol. The third-order valence-electron chi connectivity index (χ3n) is 8.21. The van der Waals surface area contributed by atoms with Crippen LogP contribution in [0.1, 0.15) is 37.0 Å². The predicted octanol–water partition coefficient (Wildman–Crippen LogP) is 4.22. The van der Waals surface area contributed by atoms with E-state index in [9.17, 15) is 21.6 Å². The molecule has 0 aliphatic carbocycles. The molecule has 2 aliphatic heterocycles. The van der Waals surface area contributed by atoms with Crippen molar-refractivity contribution in [3.63, 3.8) is 0 Å². The van der Waals surface area contributed by atoms with Gasteiger partial charge in [0.2, 0.25) is 10.0 Å². The highest BCUT2D eigenvalue weighted by atomic mass is 32.2. The Morgan fingerprint density at radius 3 is 2.20 bits per heavy atom. The van der Waals surface area contributed by atoms with Crippen molar-refractivity contribution in [2.45, 2.75) is 36.5 Å². The number of hydrogen-bond donors (Lipinski definition) is 2. The Kier molecular flexibility index (Phi) is 10.4. The summed E-state index contributed by atoms with van der Waals surface area (Å²) in [7, 11) is -6.54. The van der Waals surface area contributed by atoms with Crippen LogP contribution in [0.15, 0.2) is 70.5 Å². The number of nitrogens with zero attached hydrogens (tertiary/aromatic N) is 3. The Morgan fingerprint density at radius 1 is 0.870 bits per heavy atom. The molecule has 2 saturated heterocycles. The van der Waals surface area contributed by atoms with E-state index in [-0.39, 0.29) is 26.7 Å². The van der Waals surface area contributed by atoms with Crippen molar-refractivity contribution in [1.82, 2.24) is 4.31 Å². The molecule has 46 heavy (non-hydrogen) atoms. The van der Waals surface area contributed by atoms with Gasteiger partial charge in [0, 0.05) is 50.6 Å². The van der Waals surface area contributed by atoms with Crippen molar-refractivity contribution in [3.8, 4) is 5.75 Å². The zero-order valence-corrected chi connectivity index (χ0v) is 28.0. The van der Waals surface area contributed by atoms with Crippen molar-refractivity contribution < 1.29 is 31.1 Å². The van der Waals surface area contributed by atoms with Gasteiger partial charge in [-0.1, -0.05) is 26.0 Å². The molecule has 0 unspecified atom stereocenters. The van der Waals surface area contributed by atoms with E-state index in [0.717, 1.165) is 25.9 Å². The molecule has 0 atom stereocenters. The van der Waals surface area contributed by atoms with Crippen molar-refractivity contribution in [3.05, 3.63) is 66.2 Å². The average molecular weight is 672 g/mol. The largest absolute Gasteiger partial charge is 0.495 e. The van der Waals surface area contributed by atoms with Gasteiger partial charge in [-0.2, -0.15) is 4.31 Å². The summed E-state index contributed by atoms with van der Waals surface area (Å²) in [4.78, 5) is 17.9. The van der Waals surface area contributed by atoms with E-state index in [1.54, 1.807) is 62.4 Å². The minimum atomic E-state index is -4.17. The van der Waals surface area contributed by atoms with E-state index in [0.29, 0.717) is 56.5 Å². The average Bonchev–Trinajstić information content (AvgIpc) is 3.60. The molecule has 1 amide bonds. The molecular formula is C32H41N5O7S2. The molecule has 0 bridgehead atoms. The number of hydrogen-bond acceptors (Lipinski definition) is 9. The molecule has 0 radical (unpaired) electrons. The standard InChI is InChI=1S/C32H41N5O7S2/c1-4-37(5-2)46(41,42)25-13-15-28(35-16-8-9-17-35)26(23-25)32(38)33-24-12-14-29(36-18-20-44-21-19-36)31(22-24)45(39,40)34-27-10-6-7-11-30(27)43-3/h6-7,10-15,22-23,34H,4-5,8-9,16-21H2,1-3H3,(H,33,38). The second-order valence-corrected chi connectivity index (χ2v) is 14.6. The summed E-state index contributed by atoms with van der Waals surface area (Å²) in [6.45, 7) is 7.50. The molecule has 0 saturated carbocycles. The lowest BCUT2D eigenvalue weighted by atomic mass is 10.1. The quantitative estimate of drug-likeness (QED) is 0.290. The molecule has 2 fully saturated rings. The lowest BCUT2D eigenvalue weighted by Gasteiger charge is -2.30. The maximum absolute atomic E-state index is 13.9. The third-order valence-corrected chi connectivity index (χ3v) is 11.7. The van der Waals surface area contributed by atoms with E-state index in [1.165, 1.54) is 23.5 Å². The minimum absolute atomic E-state index is 0.0243. The Morgan fingerprint density at radius 2 is 1.52 bits per heavy atom. The van der Waals surface area contributed by atoms with Gasteiger partial charge in [-0.3, -0.25) is 9.52 Å². The van der Waals surface area contributed by atoms with Crippen LogP contribution in [0.25, 0.3) is 0 Å². The monoisotopic (exact) mass is 671 g/mol. The molecular weight excluding hydrogens is 631 g/mol. The highest BCUT2D eigenvalue weighted by molar-refractivity contribution is 7.93. The van der Waals surface area contributed by atoms with Crippen LogP contribution >= 0.6 is 0 Å². The van der Waals surface area contributed by atoms with Crippen molar-refractivity contribution in [2.24, 2.45) is 0 Å². The SMILES string of the molecule is CCN(CC)S(=O)(=O)c1ccc(N2CCCC2)c(C(=O)Nc2ccc(N3CCOCC3)c(S(=O)(=O)Nc3ccccc3OC)c2)c1. The fourth-order valence-corrected chi connectivity index (χ4v) is 8.61. The van der Waals surface area contributed by atoms with Gasteiger partial charge in [-0.15, -0.1) is 0 Å². The van der Waals surface area contributed by atoms with Crippen molar-refractivity contribution in [1.29, 1.82) is 0 Å². The van der Waals surface area contributed by atoms with Crippen molar-refractivity contribution in [2.75, 3.05) is 79.4 Å². The topological polar surface area (TPSA) is 138 Å². The van der Waals surface area contributed by atoms with E-state index >= 15 is 0 Å². The Bertz CT molecular complexity index is 1770. The van der Waals surface area contributed by atoms with Gasteiger partial charge >= 0.3 is 0 Å². The number of nitrogens with one attached hydrogen (secondary N) is 2. The molecule has 12 nitrogen and oxygen atoms in total. The van der Waals surface area contributed by atoms with Gasteiger partial charge in [-0.05, 0) is 61.4 Å². The molecule has 14 heteroatoms. The van der Waals surface area contributed by atoms with Gasteiger partial charge < -0.3 is 24.6 Å². The van der Waals surface area contributed by atoms with Crippen LogP contribution in [0.3, 0.4) is 0 Å². The molecule has 248 valence electrons. The fraction of sp³-hybridized carbons (Fsp3) is 0.406. The molecule has 2 N–H and O–H groups in total. The molecule has 3 aromatic carbocycles. The number of anilines is 4. The third kappa shape index (κ3) is 7.09. The molecule has 2 aliphatic rings. The fourth-order valence-electron chi connectivity index (χ4n) is 5.80. The number of methoxy groups -OCH3 is 1. The first-order valence-corrected chi connectivity index (χ1v) is 18.3. The number of para-hydroxylation sites is 2. The molecule has 2 heterocycles. The van der Waals surface area contributed by atoms with Crippen LogP contribution in [0, 0.1) is 0 Å². The summed E-state index contributed by atoms with van der Waals surface area (Å²) in [5.41, 5.74) is 1.81. The van der Waals surface area contributed by atoms with Crippen LogP contribution in [0.5, 0.6) is 5.75 Å². The van der Waals surface area contributed by atoms with E-state index in [1.807, 2.05) is 4.90 Å². The van der Waals surface area contributed by atoms with Gasteiger partial charge in [-0.25, -0.2) is 16.8 Å². The van der Waals surface area contributed by atoms with Crippen molar-refractivity contribution >= 4 is 48.7 Å². The summed E-state index contributed by atoms with van der Waals surface area (Å²) in [6, 6.07) is 16.1. The summed E-state index contributed by atoms with van der Waals surface area (Å²) in [5.74, 6) is -0.184. The smallest absolute Gasteiger partial charge is 0.264 e. The van der Waals surface area contributed by atoms with E-state index in [4.69, 9.17) is 9.47 Å². The summed E-state index contributed by atoms with van der Waals surface area (Å²) < 4.78 is 69.4. The molecule has 0 spiro atoms. The first kappa shape index (κ1) is 33.5. The van der Waals surface area contributed by atoms with Crippen LogP contribution in [-0.4, -0.2) is 86.6 Å². The number of morpholine rings is 1. The molecule has 5 rings (SSSR count). The Balaban J connectivity index is 1.54. The van der Waals surface area contributed by atoms with Gasteiger partial charge in [0.05, 0.1) is 42.2 Å². The van der Waals surface area contributed by atoms with Gasteiger partial charge in [0.1, 0.15) is 10.6 Å². The van der Waals surface area contributed by atoms with Gasteiger partial charge in [0.15, 0.2) is 0 Å². The van der Waals surface area contributed by atoms with Crippen LogP contribution in [-0.2, 0) is 24.8 Å². The van der Waals surface area contributed by atoms with E-state index < -0.39 is 26.0 Å².